The number of esters is 1. The number of aliphatic hydroxyl groups excluding tert-OH is 1. The Kier molecular flexibility index (Phi) is 6.97. The van der Waals surface area contributed by atoms with E-state index >= 15 is 0 Å². The first-order valence-corrected chi connectivity index (χ1v) is 6.79. The highest BCUT2D eigenvalue weighted by molar-refractivity contribution is 9.10. The van der Waals surface area contributed by atoms with Crippen molar-refractivity contribution in [1.82, 2.24) is 4.90 Å². The second-order valence-corrected chi connectivity index (χ2v) is 4.89. The smallest absolute Gasteiger partial charge is 0.320 e. The highest BCUT2D eigenvalue weighted by Gasteiger charge is 2.14. The van der Waals surface area contributed by atoms with Crippen LogP contribution >= 0.6 is 15.9 Å². The number of benzene rings is 1. The van der Waals surface area contributed by atoms with Crippen LogP contribution < -0.4 is 0 Å². The van der Waals surface area contributed by atoms with Gasteiger partial charge in [0.15, 0.2) is 0 Å². The van der Waals surface area contributed by atoms with Crippen molar-refractivity contribution in [1.29, 1.82) is 0 Å². The van der Waals surface area contributed by atoms with E-state index in [1.54, 1.807) is 24.0 Å². The van der Waals surface area contributed by atoms with Gasteiger partial charge in [-0.2, -0.15) is 0 Å². The van der Waals surface area contributed by atoms with Gasteiger partial charge >= 0.3 is 5.97 Å². The average Bonchev–Trinajstić information content (AvgIpc) is 2.34. The van der Waals surface area contributed by atoms with Crippen LogP contribution in [0.4, 0.5) is 4.39 Å². The van der Waals surface area contributed by atoms with E-state index in [0.717, 1.165) is 4.47 Å². The summed E-state index contributed by atoms with van der Waals surface area (Å²) < 4.78 is 19.2. The lowest BCUT2D eigenvalue weighted by molar-refractivity contribution is -0.144. The summed E-state index contributed by atoms with van der Waals surface area (Å²) >= 11 is 3.27. The number of carbonyl (C=O) groups is 1. The summed E-state index contributed by atoms with van der Waals surface area (Å²) in [6.07, 6.45) is 0. The Labute approximate surface area is 120 Å². The highest BCUT2D eigenvalue weighted by Crippen LogP contribution is 2.17. The molecule has 0 radical (unpaired) electrons. The molecular weight excluding hydrogens is 317 g/mol. The fraction of sp³-hybridized carbons (Fsp3) is 0.462. The number of nitrogens with zero attached hydrogens (tertiary/aromatic N) is 1. The van der Waals surface area contributed by atoms with E-state index in [2.05, 4.69) is 15.9 Å². The van der Waals surface area contributed by atoms with Crippen molar-refractivity contribution in [2.45, 2.75) is 13.5 Å². The Morgan fingerprint density at radius 3 is 2.89 bits per heavy atom. The van der Waals surface area contributed by atoms with Gasteiger partial charge in [-0.15, -0.1) is 0 Å². The molecule has 0 aliphatic carbocycles. The second-order valence-electron chi connectivity index (χ2n) is 3.98. The zero-order valence-electron chi connectivity index (χ0n) is 10.7. The number of hydrogen-bond acceptors (Lipinski definition) is 4. The Hall–Kier alpha value is -0.980. The van der Waals surface area contributed by atoms with E-state index in [9.17, 15) is 9.18 Å². The third kappa shape index (κ3) is 5.67. The molecule has 0 atom stereocenters. The first kappa shape index (κ1) is 16.1. The molecule has 19 heavy (non-hydrogen) atoms. The molecule has 0 fully saturated rings. The molecule has 0 saturated heterocycles. The van der Waals surface area contributed by atoms with Gasteiger partial charge in [0.1, 0.15) is 5.82 Å². The first-order valence-electron chi connectivity index (χ1n) is 5.99. The van der Waals surface area contributed by atoms with Crippen LogP contribution in [0.5, 0.6) is 0 Å². The topological polar surface area (TPSA) is 49.8 Å². The lowest BCUT2D eigenvalue weighted by Crippen LogP contribution is -2.33. The molecule has 1 aromatic carbocycles. The number of carbonyl (C=O) groups excluding carboxylic acids is 1. The van der Waals surface area contributed by atoms with Crippen LogP contribution in [0.1, 0.15) is 12.5 Å². The maximum atomic E-state index is 13.6. The van der Waals surface area contributed by atoms with Gasteiger partial charge in [-0.1, -0.05) is 15.9 Å². The number of hydrogen-bond donors (Lipinski definition) is 1. The molecule has 0 spiro atoms. The zero-order valence-corrected chi connectivity index (χ0v) is 12.3. The molecule has 4 nitrogen and oxygen atoms in total. The quantitative estimate of drug-likeness (QED) is 0.775. The van der Waals surface area contributed by atoms with Crippen molar-refractivity contribution in [3.8, 4) is 0 Å². The van der Waals surface area contributed by atoms with Gasteiger partial charge in [0.2, 0.25) is 0 Å². The maximum absolute atomic E-state index is 13.6. The number of ether oxygens (including phenoxy) is 1. The molecule has 0 heterocycles. The molecule has 1 aromatic rings. The minimum atomic E-state index is -0.383. The van der Waals surface area contributed by atoms with Gasteiger partial charge in [-0.25, -0.2) is 4.39 Å². The van der Waals surface area contributed by atoms with Crippen LogP contribution in [0.25, 0.3) is 0 Å². The third-order valence-electron chi connectivity index (χ3n) is 2.48. The van der Waals surface area contributed by atoms with E-state index in [0.29, 0.717) is 12.2 Å². The largest absolute Gasteiger partial charge is 0.465 e. The molecule has 0 bridgehead atoms. The van der Waals surface area contributed by atoms with Crippen LogP contribution in [0.15, 0.2) is 22.7 Å². The molecule has 1 rings (SSSR count). The summed E-state index contributed by atoms with van der Waals surface area (Å²) in [7, 11) is 0. The normalized spacial score (nSPS) is 10.8. The number of halogens is 2. The van der Waals surface area contributed by atoms with Crippen molar-refractivity contribution in [3.05, 3.63) is 34.1 Å². The Bertz CT molecular complexity index is 428. The van der Waals surface area contributed by atoms with Crippen LogP contribution in [0.3, 0.4) is 0 Å². The molecule has 106 valence electrons. The fourth-order valence-electron chi connectivity index (χ4n) is 1.65. The van der Waals surface area contributed by atoms with Gasteiger partial charge in [-0.3, -0.25) is 9.69 Å². The summed E-state index contributed by atoms with van der Waals surface area (Å²) in [5.74, 6) is -0.721. The minimum Gasteiger partial charge on any atom is -0.465 e. The number of rotatable bonds is 7. The second kappa shape index (κ2) is 8.24. The van der Waals surface area contributed by atoms with E-state index < -0.39 is 0 Å². The lowest BCUT2D eigenvalue weighted by atomic mass is 10.2. The van der Waals surface area contributed by atoms with Crippen molar-refractivity contribution in [2.75, 3.05) is 26.3 Å². The maximum Gasteiger partial charge on any atom is 0.320 e. The summed E-state index contributed by atoms with van der Waals surface area (Å²) in [6, 6.07) is 4.63. The SMILES string of the molecule is CCOC(=O)CN(CCO)Cc1cc(Br)ccc1F. The first-order chi connectivity index (χ1) is 9.06. The van der Waals surface area contributed by atoms with E-state index in [1.165, 1.54) is 6.07 Å². The predicted octanol–water partition coefficient (Wildman–Crippen LogP) is 1.95. The van der Waals surface area contributed by atoms with E-state index in [-0.39, 0.29) is 38.0 Å². The molecule has 0 aromatic heterocycles. The molecule has 1 N–H and O–H groups in total. The van der Waals surface area contributed by atoms with Crippen molar-refractivity contribution >= 4 is 21.9 Å². The van der Waals surface area contributed by atoms with Crippen LogP contribution in [-0.2, 0) is 16.1 Å². The van der Waals surface area contributed by atoms with Crippen LogP contribution in [-0.4, -0.2) is 42.3 Å². The molecule has 0 aliphatic rings. The summed E-state index contributed by atoms with van der Waals surface area (Å²) in [6.45, 7) is 2.48. The number of aliphatic hydroxyl groups is 1. The van der Waals surface area contributed by atoms with Crippen molar-refractivity contribution in [2.24, 2.45) is 0 Å². The van der Waals surface area contributed by atoms with Crippen molar-refractivity contribution < 1.29 is 19.0 Å². The summed E-state index contributed by atoms with van der Waals surface area (Å²) in [5.41, 5.74) is 0.465. The zero-order chi connectivity index (χ0) is 14.3. The molecule has 6 heteroatoms. The molecule has 0 amide bonds. The Morgan fingerprint density at radius 1 is 1.53 bits per heavy atom. The molecule has 0 unspecified atom stereocenters. The van der Waals surface area contributed by atoms with E-state index in [1.807, 2.05) is 0 Å². The van der Waals surface area contributed by atoms with E-state index in [4.69, 9.17) is 9.84 Å². The predicted molar refractivity (Wildman–Crippen MR) is 73.1 cm³/mol. The Morgan fingerprint density at radius 2 is 2.26 bits per heavy atom. The van der Waals surface area contributed by atoms with Crippen LogP contribution in [0.2, 0.25) is 0 Å². The summed E-state index contributed by atoms with van der Waals surface area (Å²) in [5, 5.41) is 8.98. The van der Waals surface area contributed by atoms with Gasteiger partial charge in [-0.05, 0) is 25.1 Å². The Balaban J connectivity index is 2.71. The molecule has 0 saturated carbocycles. The standard InChI is InChI=1S/C13H17BrFNO3/c1-2-19-13(18)9-16(5-6-17)8-10-7-11(14)3-4-12(10)15/h3-4,7,17H,2,5-6,8-9H2,1H3. The molecular formula is C13H17BrFNO3. The summed E-state index contributed by atoms with van der Waals surface area (Å²) in [4.78, 5) is 13.1. The lowest BCUT2D eigenvalue weighted by Gasteiger charge is -2.20. The van der Waals surface area contributed by atoms with Gasteiger partial charge in [0, 0.05) is 23.1 Å². The van der Waals surface area contributed by atoms with Crippen LogP contribution in [0, 0.1) is 5.82 Å². The van der Waals surface area contributed by atoms with Gasteiger partial charge < -0.3 is 9.84 Å². The van der Waals surface area contributed by atoms with Crippen molar-refractivity contribution in [3.63, 3.8) is 0 Å². The minimum absolute atomic E-state index is 0.0281. The average molecular weight is 334 g/mol. The van der Waals surface area contributed by atoms with Gasteiger partial charge in [0.05, 0.1) is 19.8 Å². The monoisotopic (exact) mass is 333 g/mol. The fourth-order valence-corrected chi connectivity index (χ4v) is 2.06. The van der Waals surface area contributed by atoms with Gasteiger partial charge in [0.25, 0.3) is 0 Å². The third-order valence-corrected chi connectivity index (χ3v) is 2.97. The molecule has 0 aliphatic heterocycles. The highest BCUT2D eigenvalue weighted by atomic mass is 79.9.